The van der Waals surface area contributed by atoms with E-state index in [1.807, 2.05) is 48.5 Å². The van der Waals surface area contributed by atoms with Crippen molar-refractivity contribution in [2.75, 3.05) is 12.4 Å². The molecule has 1 heterocycles. The van der Waals surface area contributed by atoms with Crippen molar-refractivity contribution in [3.05, 3.63) is 65.9 Å². The van der Waals surface area contributed by atoms with Crippen molar-refractivity contribution >= 4 is 23.2 Å². The molecule has 0 bridgehead atoms. The fourth-order valence-electron chi connectivity index (χ4n) is 2.78. The first-order chi connectivity index (χ1) is 12.1. The highest BCUT2D eigenvalue weighted by Crippen LogP contribution is 2.45. The molecule has 25 heavy (non-hydrogen) atoms. The smallest absolute Gasteiger partial charge is 0.221 e. The van der Waals surface area contributed by atoms with Crippen molar-refractivity contribution < 1.29 is 9.53 Å². The maximum Gasteiger partial charge on any atom is 0.221 e. The van der Waals surface area contributed by atoms with Crippen molar-refractivity contribution in [3.8, 4) is 28.0 Å². The van der Waals surface area contributed by atoms with Gasteiger partial charge in [0.05, 0.1) is 12.8 Å². The standard InChI is InChI=1S/C20H17ClN2O2/c1-13(24)23-18-8-7-15(14-9-11-22-12-10-14)20(25-2)19(18)16-5-3-4-6-17(16)21/h3-12H,1-2H3,(H,23,24). The van der Waals surface area contributed by atoms with E-state index in [4.69, 9.17) is 16.3 Å². The molecule has 0 fully saturated rings. The number of hydrogen-bond acceptors (Lipinski definition) is 3. The Morgan fingerprint density at radius 2 is 1.76 bits per heavy atom. The maximum absolute atomic E-state index is 11.6. The molecular formula is C20H17ClN2O2. The number of nitrogens with one attached hydrogen (secondary N) is 1. The Kier molecular flexibility index (Phi) is 5.00. The lowest BCUT2D eigenvalue weighted by atomic mass is 9.95. The van der Waals surface area contributed by atoms with E-state index in [0.717, 1.165) is 22.3 Å². The van der Waals surface area contributed by atoms with Crippen LogP contribution in [0.5, 0.6) is 5.75 Å². The lowest BCUT2D eigenvalue weighted by Gasteiger charge is -2.19. The van der Waals surface area contributed by atoms with Gasteiger partial charge in [-0.1, -0.05) is 29.8 Å². The molecule has 0 aliphatic carbocycles. The first-order valence-electron chi connectivity index (χ1n) is 7.75. The maximum atomic E-state index is 11.6. The SMILES string of the molecule is COc1c(-c2ccncc2)ccc(NC(C)=O)c1-c1ccccc1Cl. The molecule has 0 radical (unpaired) electrons. The number of carbonyl (C=O) groups excluding carboxylic acids is 1. The Balaban J connectivity index is 2.31. The molecule has 0 spiro atoms. The van der Waals surface area contributed by atoms with Gasteiger partial charge in [0.25, 0.3) is 0 Å². The van der Waals surface area contributed by atoms with Crippen LogP contribution in [-0.4, -0.2) is 18.0 Å². The van der Waals surface area contributed by atoms with Crippen LogP contribution >= 0.6 is 11.6 Å². The predicted octanol–water partition coefficient (Wildman–Crippen LogP) is 5.04. The van der Waals surface area contributed by atoms with Crippen LogP contribution in [0.1, 0.15) is 6.92 Å². The number of amides is 1. The Labute approximate surface area is 151 Å². The number of halogens is 1. The molecular weight excluding hydrogens is 336 g/mol. The van der Waals surface area contributed by atoms with E-state index in [1.54, 1.807) is 19.5 Å². The van der Waals surface area contributed by atoms with Crippen molar-refractivity contribution in [2.24, 2.45) is 0 Å². The zero-order valence-corrected chi connectivity index (χ0v) is 14.7. The summed E-state index contributed by atoms with van der Waals surface area (Å²) < 4.78 is 5.73. The summed E-state index contributed by atoms with van der Waals surface area (Å²) in [7, 11) is 1.61. The Morgan fingerprint density at radius 1 is 1.04 bits per heavy atom. The summed E-state index contributed by atoms with van der Waals surface area (Å²) in [5.74, 6) is 0.484. The Bertz CT molecular complexity index is 911. The zero-order chi connectivity index (χ0) is 17.8. The van der Waals surface area contributed by atoms with E-state index in [0.29, 0.717) is 16.5 Å². The third kappa shape index (κ3) is 3.49. The Morgan fingerprint density at radius 3 is 2.40 bits per heavy atom. The van der Waals surface area contributed by atoms with Crippen molar-refractivity contribution in [1.82, 2.24) is 4.98 Å². The number of anilines is 1. The summed E-state index contributed by atoms with van der Waals surface area (Å²) in [6.45, 7) is 1.47. The van der Waals surface area contributed by atoms with Gasteiger partial charge >= 0.3 is 0 Å². The van der Waals surface area contributed by atoms with Gasteiger partial charge in [-0.3, -0.25) is 9.78 Å². The van der Waals surface area contributed by atoms with E-state index >= 15 is 0 Å². The van der Waals surface area contributed by atoms with E-state index in [-0.39, 0.29) is 5.91 Å². The van der Waals surface area contributed by atoms with Gasteiger partial charge in [0.1, 0.15) is 5.75 Å². The summed E-state index contributed by atoms with van der Waals surface area (Å²) in [6, 6.07) is 15.1. The molecule has 0 aliphatic rings. The van der Waals surface area contributed by atoms with E-state index in [9.17, 15) is 4.79 Å². The number of nitrogens with zero attached hydrogens (tertiary/aromatic N) is 1. The fourth-order valence-corrected chi connectivity index (χ4v) is 3.01. The van der Waals surface area contributed by atoms with Gasteiger partial charge < -0.3 is 10.1 Å². The predicted molar refractivity (Wildman–Crippen MR) is 101 cm³/mol. The second-order valence-corrected chi connectivity index (χ2v) is 5.87. The van der Waals surface area contributed by atoms with Crippen LogP contribution in [0.2, 0.25) is 5.02 Å². The van der Waals surface area contributed by atoms with Crippen LogP contribution in [0.3, 0.4) is 0 Å². The summed E-state index contributed by atoms with van der Waals surface area (Å²) in [5, 5.41) is 3.45. The minimum absolute atomic E-state index is 0.160. The second-order valence-electron chi connectivity index (χ2n) is 5.47. The number of ether oxygens (including phenoxy) is 1. The molecule has 3 aromatic rings. The molecule has 0 saturated heterocycles. The van der Waals surface area contributed by atoms with Crippen LogP contribution in [0.15, 0.2) is 60.9 Å². The summed E-state index contributed by atoms with van der Waals surface area (Å²) in [4.78, 5) is 15.7. The number of benzene rings is 2. The third-order valence-corrected chi connectivity index (χ3v) is 4.14. The van der Waals surface area contributed by atoms with Crippen molar-refractivity contribution in [3.63, 3.8) is 0 Å². The zero-order valence-electron chi connectivity index (χ0n) is 13.9. The molecule has 0 unspecified atom stereocenters. The quantitative estimate of drug-likeness (QED) is 0.716. The highest BCUT2D eigenvalue weighted by atomic mass is 35.5. The molecule has 1 amide bonds. The molecule has 4 nitrogen and oxygen atoms in total. The average Bonchev–Trinajstić information content (AvgIpc) is 2.62. The summed E-state index contributed by atoms with van der Waals surface area (Å²) in [6.07, 6.45) is 3.46. The minimum atomic E-state index is -0.160. The fraction of sp³-hybridized carbons (Fsp3) is 0.100. The number of aromatic nitrogens is 1. The van der Waals surface area contributed by atoms with Gasteiger partial charge in [0.2, 0.25) is 5.91 Å². The number of pyridine rings is 1. The molecule has 0 aliphatic heterocycles. The van der Waals surface area contributed by atoms with Crippen LogP contribution in [0, 0.1) is 0 Å². The van der Waals surface area contributed by atoms with E-state index < -0.39 is 0 Å². The highest BCUT2D eigenvalue weighted by Gasteiger charge is 2.19. The summed E-state index contributed by atoms with van der Waals surface area (Å²) in [5.41, 5.74) is 4.05. The average molecular weight is 353 g/mol. The molecule has 1 aromatic heterocycles. The van der Waals surface area contributed by atoms with E-state index in [2.05, 4.69) is 10.3 Å². The topological polar surface area (TPSA) is 51.2 Å². The van der Waals surface area contributed by atoms with Gasteiger partial charge in [-0.25, -0.2) is 0 Å². The molecule has 2 aromatic carbocycles. The molecule has 5 heteroatoms. The first kappa shape index (κ1) is 17.0. The van der Waals surface area contributed by atoms with Crippen LogP contribution in [-0.2, 0) is 4.79 Å². The molecule has 126 valence electrons. The van der Waals surface area contributed by atoms with Crippen molar-refractivity contribution in [2.45, 2.75) is 6.92 Å². The number of hydrogen-bond donors (Lipinski definition) is 1. The third-order valence-electron chi connectivity index (χ3n) is 3.81. The van der Waals surface area contributed by atoms with E-state index in [1.165, 1.54) is 6.92 Å². The van der Waals surface area contributed by atoms with Gasteiger partial charge in [0.15, 0.2) is 0 Å². The molecule has 0 saturated carbocycles. The lowest BCUT2D eigenvalue weighted by Crippen LogP contribution is -2.08. The molecule has 0 atom stereocenters. The van der Waals surface area contributed by atoms with Crippen LogP contribution < -0.4 is 10.1 Å². The van der Waals surface area contributed by atoms with Gasteiger partial charge in [-0.2, -0.15) is 0 Å². The Hall–Kier alpha value is -2.85. The number of rotatable bonds is 4. The van der Waals surface area contributed by atoms with Gasteiger partial charge in [-0.15, -0.1) is 0 Å². The van der Waals surface area contributed by atoms with Crippen LogP contribution in [0.4, 0.5) is 5.69 Å². The van der Waals surface area contributed by atoms with Gasteiger partial charge in [0, 0.05) is 41.0 Å². The largest absolute Gasteiger partial charge is 0.495 e. The number of methoxy groups -OCH3 is 1. The second kappa shape index (κ2) is 7.36. The number of carbonyl (C=O) groups is 1. The lowest BCUT2D eigenvalue weighted by molar-refractivity contribution is -0.114. The summed E-state index contributed by atoms with van der Waals surface area (Å²) >= 11 is 6.42. The van der Waals surface area contributed by atoms with Crippen molar-refractivity contribution in [1.29, 1.82) is 0 Å². The van der Waals surface area contributed by atoms with Crippen LogP contribution in [0.25, 0.3) is 22.3 Å². The highest BCUT2D eigenvalue weighted by molar-refractivity contribution is 6.33. The monoisotopic (exact) mass is 352 g/mol. The first-order valence-corrected chi connectivity index (χ1v) is 8.13. The van der Waals surface area contributed by atoms with Gasteiger partial charge in [-0.05, 0) is 35.9 Å². The molecule has 3 rings (SSSR count). The minimum Gasteiger partial charge on any atom is -0.495 e. The molecule has 1 N–H and O–H groups in total. The normalized spacial score (nSPS) is 10.4.